The maximum absolute atomic E-state index is 11.5. The van der Waals surface area contributed by atoms with Crippen LogP contribution in [0.3, 0.4) is 0 Å². The highest BCUT2D eigenvalue weighted by Gasteiger charge is 2.34. The van der Waals surface area contributed by atoms with Gasteiger partial charge in [-0.25, -0.2) is 0 Å². The molecule has 0 spiro atoms. The monoisotopic (exact) mass is 290 g/mol. The topological polar surface area (TPSA) is 80.5 Å². The molecule has 2 atom stereocenters. The molecule has 0 radical (unpaired) electrons. The van der Waals surface area contributed by atoms with Crippen LogP contribution in [0.25, 0.3) is 0 Å². The molecule has 1 aromatic heterocycles. The molecule has 1 amide bonds. The predicted octanol–water partition coefficient (Wildman–Crippen LogP) is 1.17. The molecule has 2 aliphatic rings. The molecule has 0 saturated carbocycles. The molecule has 6 heteroatoms. The summed E-state index contributed by atoms with van der Waals surface area (Å²) < 4.78 is 5.47. The average molecular weight is 290 g/mol. The third-order valence-corrected chi connectivity index (χ3v) is 4.30. The number of rotatable bonds is 3. The summed E-state index contributed by atoms with van der Waals surface area (Å²) in [5.41, 5.74) is 6.44. The quantitative estimate of drug-likeness (QED) is 0.873. The van der Waals surface area contributed by atoms with Gasteiger partial charge in [-0.15, -0.1) is 0 Å². The van der Waals surface area contributed by atoms with Gasteiger partial charge in [0.05, 0.1) is 12.3 Å². The maximum Gasteiger partial charge on any atom is 0.239 e. The first-order chi connectivity index (χ1) is 10.2. The number of fused-ring (bicyclic) bond motifs is 1. The van der Waals surface area contributed by atoms with Crippen LogP contribution in [-0.2, 0) is 4.79 Å². The van der Waals surface area contributed by atoms with Crippen LogP contribution in [0.5, 0.6) is 5.88 Å². The number of piperidine rings is 2. The van der Waals surface area contributed by atoms with Gasteiger partial charge in [0.15, 0.2) is 0 Å². The normalized spacial score (nSPS) is 25.2. The molecular formula is C15H22N4O2. The van der Waals surface area contributed by atoms with Crippen LogP contribution in [-0.4, -0.2) is 36.6 Å². The Kier molecular flexibility index (Phi) is 3.86. The molecule has 1 aromatic rings. The van der Waals surface area contributed by atoms with Gasteiger partial charge in [-0.3, -0.25) is 4.79 Å². The molecule has 3 rings (SSSR count). The van der Waals surface area contributed by atoms with Gasteiger partial charge in [-0.1, -0.05) is 0 Å². The summed E-state index contributed by atoms with van der Waals surface area (Å²) in [4.78, 5) is 18.3. The maximum atomic E-state index is 11.5. The summed E-state index contributed by atoms with van der Waals surface area (Å²) in [5, 5.41) is 3.10. The summed E-state index contributed by atoms with van der Waals surface area (Å²) >= 11 is 0. The number of pyridine rings is 1. The number of ether oxygens (including phenoxy) is 1. The van der Waals surface area contributed by atoms with E-state index in [9.17, 15) is 4.79 Å². The Morgan fingerprint density at radius 1 is 1.48 bits per heavy atom. The number of hydrogen-bond acceptors (Lipinski definition) is 5. The molecule has 3 heterocycles. The zero-order valence-corrected chi connectivity index (χ0v) is 12.3. The fourth-order valence-electron chi connectivity index (χ4n) is 3.19. The molecule has 0 bridgehead atoms. The molecule has 6 nitrogen and oxygen atoms in total. The second-order valence-corrected chi connectivity index (χ2v) is 5.70. The Morgan fingerprint density at radius 2 is 2.33 bits per heavy atom. The number of nitrogens with two attached hydrogens (primary N) is 1. The highest BCUT2D eigenvalue weighted by molar-refractivity contribution is 5.77. The third-order valence-electron chi connectivity index (χ3n) is 4.30. The zero-order chi connectivity index (χ0) is 14.8. The van der Waals surface area contributed by atoms with Crippen molar-refractivity contribution in [3.63, 3.8) is 0 Å². The Balaban J connectivity index is 1.73. The van der Waals surface area contributed by atoms with Crippen molar-refractivity contribution < 1.29 is 9.53 Å². The molecule has 3 N–H and O–H groups in total. The zero-order valence-electron chi connectivity index (χ0n) is 12.3. The lowest BCUT2D eigenvalue weighted by Crippen LogP contribution is -2.54. The minimum Gasteiger partial charge on any atom is -0.476 e. The van der Waals surface area contributed by atoms with Crippen molar-refractivity contribution in [2.24, 2.45) is 5.92 Å². The van der Waals surface area contributed by atoms with Crippen molar-refractivity contribution in [2.45, 2.75) is 32.2 Å². The summed E-state index contributed by atoms with van der Waals surface area (Å²) in [6.07, 6.45) is 2.56. The van der Waals surface area contributed by atoms with Crippen molar-refractivity contribution in [2.75, 3.05) is 30.3 Å². The molecule has 2 fully saturated rings. The number of hydrogen-bond donors (Lipinski definition) is 2. The number of nitrogens with zero attached hydrogens (tertiary/aromatic N) is 2. The van der Waals surface area contributed by atoms with E-state index in [0.717, 1.165) is 31.7 Å². The Labute approximate surface area is 124 Å². The minimum atomic E-state index is 0.189. The highest BCUT2D eigenvalue weighted by atomic mass is 16.5. The van der Waals surface area contributed by atoms with Gasteiger partial charge in [-0.05, 0) is 37.8 Å². The number of nitrogen functional groups attached to an aromatic ring is 1. The summed E-state index contributed by atoms with van der Waals surface area (Å²) in [7, 11) is 0. The number of anilines is 2. The van der Waals surface area contributed by atoms with E-state index < -0.39 is 0 Å². The number of aromatic nitrogens is 1. The van der Waals surface area contributed by atoms with Crippen LogP contribution in [0.4, 0.5) is 11.5 Å². The van der Waals surface area contributed by atoms with E-state index in [4.69, 9.17) is 10.5 Å². The molecule has 21 heavy (non-hydrogen) atoms. The van der Waals surface area contributed by atoms with E-state index in [0.29, 0.717) is 36.6 Å². The van der Waals surface area contributed by atoms with E-state index >= 15 is 0 Å². The van der Waals surface area contributed by atoms with Crippen molar-refractivity contribution in [3.05, 3.63) is 12.1 Å². The highest BCUT2D eigenvalue weighted by Crippen LogP contribution is 2.30. The van der Waals surface area contributed by atoms with Gasteiger partial charge in [-0.2, -0.15) is 4.98 Å². The van der Waals surface area contributed by atoms with Gasteiger partial charge >= 0.3 is 0 Å². The third kappa shape index (κ3) is 2.89. The summed E-state index contributed by atoms with van der Waals surface area (Å²) in [5.74, 6) is 2.11. The number of carbonyl (C=O) groups is 1. The van der Waals surface area contributed by atoms with Crippen LogP contribution in [0, 0.1) is 5.92 Å². The van der Waals surface area contributed by atoms with Crippen molar-refractivity contribution in [3.8, 4) is 5.88 Å². The number of carbonyl (C=O) groups excluding carboxylic acids is 1. The molecule has 2 saturated heterocycles. The SMILES string of the molecule is CCOc1nc(N2CCC3NC(=O)CCC3C2)ccc1N. The average Bonchev–Trinajstić information content (AvgIpc) is 2.49. The van der Waals surface area contributed by atoms with Crippen LogP contribution < -0.4 is 20.7 Å². The molecule has 114 valence electrons. The molecule has 2 unspecified atom stereocenters. The van der Waals surface area contributed by atoms with Crippen LogP contribution in [0.1, 0.15) is 26.2 Å². The van der Waals surface area contributed by atoms with Crippen molar-refractivity contribution in [1.82, 2.24) is 10.3 Å². The van der Waals surface area contributed by atoms with Crippen LogP contribution >= 0.6 is 0 Å². The molecule has 0 aliphatic carbocycles. The van der Waals surface area contributed by atoms with Gasteiger partial charge in [0.2, 0.25) is 11.8 Å². The molecule has 0 aromatic carbocycles. The van der Waals surface area contributed by atoms with E-state index in [-0.39, 0.29) is 5.91 Å². The van der Waals surface area contributed by atoms with Crippen molar-refractivity contribution in [1.29, 1.82) is 0 Å². The van der Waals surface area contributed by atoms with E-state index in [1.807, 2.05) is 19.1 Å². The lowest BCUT2D eigenvalue weighted by Gasteiger charge is -2.41. The second kappa shape index (κ2) is 5.79. The van der Waals surface area contributed by atoms with E-state index in [1.165, 1.54) is 0 Å². The van der Waals surface area contributed by atoms with Gasteiger partial charge < -0.3 is 20.7 Å². The largest absolute Gasteiger partial charge is 0.476 e. The standard InChI is InChI=1S/C15H22N4O2/c1-2-21-15-11(16)4-5-13(18-15)19-8-7-12-10(9-19)3-6-14(20)17-12/h4-5,10,12H,2-3,6-9,16H2,1H3,(H,17,20). The Morgan fingerprint density at radius 3 is 3.14 bits per heavy atom. The van der Waals surface area contributed by atoms with E-state index in [2.05, 4.69) is 15.2 Å². The second-order valence-electron chi connectivity index (χ2n) is 5.70. The first kappa shape index (κ1) is 14.0. The molecule has 2 aliphatic heterocycles. The predicted molar refractivity (Wildman–Crippen MR) is 81.3 cm³/mol. The fourth-order valence-corrected chi connectivity index (χ4v) is 3.19. The number of nitrogens with one attached hydrogen (secondary N) is 1. The lowest BCUT2D eigenvalue weighted by molar-refractivity contribution is -0.124. The van der Waals surface area contributed by atoms with Crippen molar-refractivity contribution >= 4 is 17.4 Å². The number of amides is 1. The van der Waals surface area contributed by atoms with Crippen LogP contribution in [0.15, 0.2) is 12.1 Å². The fraction of sp³-hybridized carbons (Fsp3) is 0.600. The van der Waals surface area contributed by atoms with Gasteiger partial charge in [0.25, 0.3) is 0 Å². The lowest BCUT2D eigenvalue weighted by atomic mass is 9.85. The van der Waals surface area contributed by atoms with Gasteiger partial charge in [0, 0.05) is 25.6 Å². The smallest absolute Gasteiger partial charge is 0.239 e. The minimum absolute atomic E-state index is 0.189. The molecular weight excluding hydrogens is 268 g/mol. The summed E-state index contributed by atoms with van der Waals surface area (Å²) in [6.45, 7) is 4.29. The first-order valence-electron chi connectivity index (χ1n) is 7.61. The van der Waals surface area contributed by atoms with Gasteiger partial charge in [0.1, 0.15) is 5.82 Å². The van der Waals surface area contributed by atoms with E-state index in [1.54, 1.807) is 0 Å². The first-order valence-corrected chi connectivity index (χ1v) is 7.61. The summed E-state index contributed by atoms with van der Waals surface area (Å²) in [6, 6.07) is 4.12. The Bertz CT molecular complexity index is 534. The Hall–Kier alpha value is -1.98. The van der Waals surface area contributed by atoms with Crippen LogP contribution in [0.2, 0.25) is 0 Å².